The monoisotopic (exact) mass is 571 g/mol. The van der Waals surface area contributed by atoms with Crippen molar-refractivity contribution < 1.29 is 33.4 Å². The zero-order chi connectivity index (χ0) is 29.8. The molecule has 0 N–H and O–H groups in total. The highest BCUT2D eigenvalue weighted by atomic mass is 16.7. The molecule has 0 fully saturated rings. The topological polar surface area (TPSA) is 134 Å². The van der Waals surface area contributed by atoms with E-state index in [0.717, 1.165) is 38.9 Å². The van der Waals surface area contributed by atoms with Crippen LogP contribution in [0.5, 0.6) is 0 Å². The summed E-state index contributed by atoms with van der Waals surface area (Å²) in [6.07, 6.45) is 2.14. The first-order valence-electron chi connectivity index (χ1n) is 13.9. The Morgan fingerprint density at radius 2 is 1.83 bits per heavy atom. The van der Waals surface area contributed by atoms with Crippen molar-refractivity contribution >= 4 is 34.8 Å². The van der Waals surface area contributed by atoms with Gasteiger partial charge in [-0.2, -0.15) is 0 Å². The van der Waals surface area contributed by atoms with Crippen LogP contribution in [-0.2, 0) is 53.8 Å². The number of imide groups is 1. The fourth-order valence-corrected chi connectivity index (χ4v) is 6.04. The molecule has 6 rings (SSSR count). The van der Waals surface area contributed by atoms with Gasteiger partial charge in [-0.3, -0.25) is 19.3 Å². The molecule has 216 valence electrons. The number of aromatic nitrogens is 2. The quantitative estimate of drug-likeness (QED) is 0.186. The maximum atomic E-state index is 13.8. The van der Waals surface area contributed by atoms with Gasteiger partial charge in [0, 0.05) is 35.2 Å². The third kappa shape index (κ3) is 4.18. The Balaban J connectivity index is 1.32. The maximum Gasteiger partial charge on any atom is 0.509 e. The molecule has 2 amide bonds. The second kappa shape index (κ2) is 10.2. The molecule has 1 atom stereocenters. The van der Waals surface area contributed by atoms with Crippen molar-refractivity contribution in [3.63, 3.8) is 0 Å². The molecule has 0 saturated heterocycles. The molecule has 2 aromatic heterocycles. The van der Waals surface area contributed by atoms with Crippen molar-refractivity contribution in [1.29, 1.82) is 0 Å². The fourth-order valence-electron chi connectivity index (χ4n) is 6.04. The Hall–Kier alpha value is -4.80. The van der Waals surface area contributed by atoms with E-state index in [4.69, 9.17) is 19.2 Å². The molecule has 0 bridgehead atoms. The summed E-state index contributed by atoms with van der Waals surface area (Å²) < 4.78 is 17.9. The number of cyclic esters (lactones) is 1. The highest BCUT2D eigenvalue weighted by Crippen LogP contribution is 2.42. The van der Waals surface area contributed by atoms with Crippen LogP contribution in [-0.4, -0.2) is 51.5 Å². The van der Waals surface area contributed by atoms with Gasteiger partial charge < -0.3 is 18.8 Å². The summed E-state index contributed by atoms with van der Waals surface area (Å²) in [4.78, 5) is 69.2. The van der Waals surface area contributed by atoms with Crippen molar-refractivity contribution in [2.75, 3.05) is 13.2 Å². The largest absolute Gasteiger partial charge is 0.509 e. The molecular weight excluding hydrogens is 542 g/mol. The molecular formula is C31H29N3O8. The van der Waals surface area contributed by atoms with Gasteiger partial charge in [-0.15, -0.1) is 0 Å². The van der Waals surface area contributed by atoms with Crippen LogP contribution in [0.15, 0.2) is 41.2 Å². The average Bonchev–Trinajstić information content (AvgIpc) is 3.50. The molecule has 0 unspecified atom stereocenters. The summed E-state index contributed by atoms with van der Waals surface area (Å²) in [6, 6.07) is 7.77. The highest BCUT2D eigenvalue weighted by molar-refractivity contribution is 6.12. The number of carbonyl (C=O) groups excluding carboxylic acids is 4. The number of rotatable bonds is 7. The molecule has 0 aliphatic carbocycles. The molecule has 1 aromatic carbocycles. The molecule has 11 nitrogen and oxygen atoms in total. The summed E-state index contributed by atoms with van der Waals surface area (Å²) in [5, 5.41) is 1.05. The third-order valence-electron chi connectivity index (χ3n) is 8.19. The van der Waals surface area contributed by atoms with E-state index in [0.29, 0.717) is 17.9 Å². The van der Waals surface area contributed by atoms with E-state index >= 15 is 0 Å². The lowest BCUT2D eigenvalue weighted by Gasteiger charge is -2.35. The summed E-state index contributed by atoms with van der Waals surface area (Å²) >= 11 is 0. The Labute approximate surface area is 240 Å². The van der Waals surface area contributed by atoms with Gasteiger partial charge in [0.25, 0.3) is 17.4 Å². The molecule has 42 heavy (non-hydrogen) atoms. The standard InChI is InChI=1S/C31H29N3O8/c1-4-18-19-13-17(3)7-8-23(19)32-27-20(18)15-34-24(27)14-22-21(28(34)37)16-41-29(38)31(22,5-2)42-30(39)40-12-6-11-33-25(35)9-10-26(33)36/h7-10,13-14H,4-6,11-12,15-16H2,1-3H3/t31-/m0/s1. The number of esters is 1. The number of pyridine rings is 2. The van der Waals surface area contributed by atoms with Gasteiger partial charge >= 0.3 is 12.1 Å². The number of aryl methyl sites for hydroxylation is 2. The van der Waals surface area contributed by atoms with Crippen LogP contribution in [0.4, 0.5) is 4.79 Å². The number of benzene rings is 1. The fraction of sp³-hybridized carbons (Fsp3) is 0.355. The van der Waals surface area contributed by atoms with Gasteiger partial charge in [0.05, 0.1) is 35.6 Å². The lowest BCUT2D eigenvalue weighted by Crippen LogP contribution is -2.47. The highest BCUT2D eigenvalue weighted by Gasteiger charge is 2.51. The average molecular weight is 572 g/mol. The minimum Gasteiger partial charge on any atom is -0.457 e. The molecule has 0 saturated carbocycles. The number of hydrogen-bond donors (Lipinski definition) is 0. The summed E-state index contributed by atoms with van der Waals surface area (Å²) in [6.45, 7) is 5.75. The second-order valence-corrected chi connectivity index (χ2v) is 10.6. The van der Waals surface area contributed by atoms with Crippen LogP contribution in [0.3, 0.4) is 0 Å². The maximum absolute atomic E-state index is 13.8. The number of amides is 2. The number of nitrogens with zero attached hydrogens (tertiary/aromatic N) is 3. The van der Waals surface area contributed by atoms with Gasteiger partial charge in [0.1, 0.15) is 6.61 Å². The Bertz CT molecular complexity index is 1770. The van der Waals surface area contributed by atoms with Gasteiger partial charge in [-0.25, -0.2) is 14.6 Å². The van der Waals surface area contributed by atoms with Crippen molar-refractivity contribution in [3.8, 4) is 11.4 Å². The first-order valence-corrected chi connectivity index (χ1v) is 13.9. The first-order chi connectivity index (χ1) is 20.2. The van der Waals surface area contributed by atoms with E-state index in [9.17, 15) is 24.0 Å². The van der Waals surface area contributed by atoms with Crippen molar-refractivity contribution in [3.05, 3.63) is 74.6 Å². The van der Waals surface area contributed by atoms with E-state index in [-0.39, 0.29) is 49.3 Å². The van der Waals surface area contributed by atoms with Gasteiger partial charge in [-0.1, -0.05) is 25.5 Å². The van der Waals surface area contributed by atoms with Crippen LogP contribution in [0.25, 0.3) is 22.3 Å². The lowest BCUT2D eigenvalue weighted by molar-refractivity contribution is -0.175. The normalized spacial score (nSPS) is 18.6. The lowest BCUT2D eigenvalue weighted by atomic mass is 9.85. The van der Waals surface area contributed by atoms with Crippen LogP contribution < -0.4 is 5.56 Å². The molecule has 5 heterocycles. The van der Waals surface area contributed by atoms with Crippen LogP contribution in [0, 0.1) is 6.92 Å². The van der Waals surface area contributed by atoms with E-state index < -0.39 is 29.5 Å². The first kappa shape index (κ1) is 27.4. The molecule has 0 radical (unpaired) electrons. The van der Waals surface area contributed by atoms with Crippen LogP contribution >= 0.6 is 0 Å². The zero-order valence-electron chi connectivity index (χ0n) is 23.5. The van der Waals surface area contributed by atoms with Gasteiger partial charge in [0.2, 0.25) is 5.60 Å². The number of fused-ring (bicyclic) bond motifs is 5. The van der Waals surface area contributed by atoms with Crippen molar-refractivity contribution in [2.24, 2.45) is 0 Å². The molecule has 3 aliphatic heterocycles. The summed E-state index contributed by atoms with van der Waals surface area (Å²) in [5.74, 6) is -1.66. The SMILES string of the molecule is CCc1c2c(nc3ccc(C)cc13)-c1cc3c(c(=O)n1C2)COC(=O)[C@@]3(CC)OC(=O)OCCCN1C(=O)C=CC1=O. The predicted molar refractivity (Wildman–Crippen MR) is 149 cm³/mol. The number of ether oxygens (including phenoxy) is 3. The minimum atomic E-state index is -1.89. The predicted octanol–water partition coefficient (Wildman–Crippen LogP) is 3.43. The molecule has 11 heteroatoms. The van der Waals surface area contributed by atoms with Crippen molar-refractivity contribution in [1.82, 2.24) is 14.5 Å². The number of carbonyl (C=O) groups is 4. The van der Waals surface area contributed by atoms with E-state index in [2.05, 4.69) is 13.0 Å². The smallest absolute Gasteiger partial charge is 0.457 e. The van der Waals surface area contributed by atoms with E-state index in [1.165, 1.54) is 12.2 Å². The minimum absolute atomic E-state index is 0.00320. The second-order valence-electron chi connectivity index (χ2n) is 10.6. The Morgan fingerprint density at radius 3 is 2.55 bits per heavy atom. The zero-order valence-corrected chi connectivity index (χ0v) is 23.5. The summed E-state index contributed by atoms with van der Waals surface area (Å²) in [7, 11) is 0. The van der Waals surface area contributed by atoms with E-state index in [1.807, 2.05) is 19.1 Å². The van der Waals surface area contributed by atoms with Gasteiger partial charge in [-0.05, 0) is 49.9 Å². The Kier molecular flexibility index (Phi) is 6.67. The molecule has 3 aliphatic rings. The van der Waals surface area contributed by atoms with Crippen molar-refractivity contribution in [2.45, 2.75) is 58.8 Å². The molecule has 0 spiro atoms. The number of hydrogen-bond acceptors (Lipinski definition) is 9. The summed E-state index contributed by atoms with van der Waals surface area (Å²) in [5.41, 5.74) is 3.46. The van der Waals surface area contributed by atoms with Crippen LogP contribution in [0.2, 0.25) is 0 Å². The Morgan fingerprint density at radius 1 is 1.07 bits per heavy atom. The van der Waals surface area contributed by atoms with E-state index in [1.54, 1.807) is 17.6 Å². The third-order valence-corrected chi connectivity index (χ3v) is 8.19. The molecule has 3 aromatic rings. The van der Waals surface area contributed by atoms with Crippen LogP contribution in [0.1, 0.15) is 54.5 Å². The van der Waals surface area contributed by atoms with Gasteiger partial charge in [0.15, 0.2) is 0 Å².